The highest BCUT2D eigenvalue weighted by Gasteiger charge is 2.06. The number of rotatable bonds is 10. The molecule has 1 N–H and O–H groups in total. The zero-order valence-electron chi connectivity index (χ0n) is 10.3. The van der Waals surface area contributed by atoms with Crippen molar-refractivity contribution in [2.75, 3.05) is 11.5 Å². The normalized spacial score (nSPS) is 10.2. The minimum absolute atomic E-state index is 0.150. The van der Waals surface area contributed by atoms with E-state index >= 15 is 0 Å². The van der Waals surface area contributed by atoms with E-state index in [1.54, 1.807) is 0 Å². The summed E-state index contributed by atoms with van der Waals surface area (Å²) in [5.41, 5.74) is 0. The second-order valence-corrected chi connectivity index (χ2v) is 4.93. The monoisotopic (exact) mass is 277 g/mol. The smallest absolute Gasteiger partial charge is 0.226 e. The van der Waals surface area contributed by atoms with Crippen molar-refractivity contribution in [1.82, 2.24) is 5.32 Å². The fourth-order valence-electron chi connectivity index (χ4n) is 1.43. The highest BCUT2D eigenvalue weighted by atomic mass is 32.1. The molecule has 0 spiro atoms. The minimum atomic E-state index is -0.150. The number of hydrogen-bond donors (Lipinski definition) is 3. The van der Waals surface area contributed by atoms with Crippen LogP contribution in [-0.4, -0.2) is 23.3 Å². The largest absolute Gasteiger partial charge is 0.296 e. The van der Waals surface area contributed by atoms with Crippen LogP contribution in [0.1, 0.15) is 51.4 Å². The average Bonchev–Trinajstić information content (AvgIpc) is 2.30. The standard InChI is InChI=1S/C12H23NO2S2/c14-11(7-3-1-5-9-16)13-12(15)8-4-2-6-10-17/h16-17H,1-10H2,(H,13,14,15). The molecule has 100 valence electrons. The van der Waals surface area contributed by atoms with E-state index in [4.69, 9.17) is 0 Å². The lowest BCUT2D eigenvalue weighted by molar-refractivity contribution is -0.130. The molecule has 0 saturated carbocycles. The molecule has 0 aromatic rings. The second kappa shape index (κ2) is 12.3. The first-order valence-corrected chi connectivity index (χ1v) is 7.51. The van der Waals surface area contributed by atoms with Crippen molar-refractivity contribution in [2.45, 2.75) is 51.4 Å². The average molecular weight is 277 g/mol. The van der Waals surface area contributed by atoms with Crippen LogP contribution in [0.2, 0.25) is 0 Å². The summed E-state index contributed by atoms with van der Waals surface area (Å²) in [7, 11) is 0. The summed E-state index contributed by atoms with van der Waals surface area (Å²) in [5, 5.41) is 2.42. The van der Waals surface area contributed by atoms with E-state index in [9.17, 15) is 9.59 Å². The summed E-state index contributed by atoms with van der Waals surface area (Å²) in [6.45, 7) is 0. The molecule has 0 saturated heterocycles. The Morgan fingerprint density at radius 3 is 1.47 bits per heavy atom. The zero-order valence-corrected chi connectivity index (χ0v) is 12.1. The number of hydrogen-bond acceptors (Lipinski definition) is 4. The Morgan fingerprint density at radius 1 is 0.706 bits per heavy atom. The maximum Gasteiger partial charge on any atom is 0.226 e. The van der Waals surface area contributed by atoms with Crippen LogP contribution in [0.4, 0.5) is 0 Å². The molecule has 0 aliphatic heterocycles. The van der Waals surface area contributed by atoms with Gasteiger partial charge in [-0.3, -0.25) is 14.9 Å². The Hall–Kier alpha value is -0.160. The Kier molecular flexibility index (Phi) is 12.2. The van der Waals surface area contributed by atoms with E-state index in [-0.39, 0.29) is 11.8 Å². The molecule has 3 nitrogen and oxygen atoms in total. The minimum Gasteiger partial charge on any atom is -0.296 e. The molecule has 2 amide bonds. The first-order chi connectivity index (χ1) is 8.20. The number of thiol groups is 2. The van der Waals surface area contributed by atoms with E-state index in [0.717, 1.165) is 50.0 Å². The van der Waals surface area contributed by atoms with Crippen molar-refractivity contribution in [3.63, 3.8) is 0 Å². The van der Waals surface area contributed by atoms with Gasteiger partial charge in [0.25, 0.3) is 0 Å². The van der Waals surface area contributed by atoms with Gasteiger partial charge in [0, 0.05) is 12.8 Å². The highest BCUT2D eigenvalue weighted by Crippen LogP contribution is 2.02. The topological polar surface area (TPSA) is 46.2 Å². The Bertz CT molecular complexity index is 201. The van der Waals surface area contributed by atoms with Crippen LogP contribution in [0.15, 0.2) is 0 Å². The van der Waals surface area contributed by atoms with Gasteiger partial charge in [-0.05, 0) is 37.2 Å². The van der Waals surface area contributed by atoms with Crippen molar-refractivity contribution in [3.05, 3.63) is 0 Å². The van der Waals surface area contributed by atoms with E-state index < -0.39 is 0 Å². The van der Waals surface area contributed by atoms with Crippen molar-refractivity contribution >= 4 is 37.1 Å². The van der Waals surface area contributed by atoms with Gasteiger partial charge in [0.1, 0.15) is 0 Å². The molecule has 0 atom stereocenters. The summed E-state index contributed by atoms with van der Waals surface area (Å²) in [4.78, 5) is 22.7. The summed E-state index contributed by atoms with van der Waals surface area (Å²) in [6.07, 6.45) is 6.58. The predicted molar refractivity (Wildman–Crippen MR) is 77.8 cm³/mol. The predicted octanol–water partition coefficient (Wildman–Crippen LogP) is 2.61. The van der Waals surface area contributed by atoms with Gasteiger partial charge in [-0.25, -0.2) is 0 Å². The number of nitrogens with one attached hydrogen (secondary N) is 1. The second-order valence-electron chi connectivity index (χ2n) is 4.04. The molecule has 0 aliphatic carbocycles. The van der Waals surface area contributed by atoms with Crippen LogP contribution in [0, 0.1) is 0 Å². The third-order valence-electron chi connectivity index (χ3n) is 2.40. The fourth-order valence-corrected chi connectivity index (χ4v) is 1.88. The van der Waals surface area contributed by atoms with E-state index in [1.165, 1.54) is 0 Å². The van der Waals surface area contributed by atoms with Gasteiger partial charge in [0.2, 0.25) is 11.8 Å². The number of unbranched alkanes of at least 4 members (excludes halogenated alkanes) is 4. The Balaban J connectivity index is 3.42. The molecule has 0 rings (SSSR count). The maximum atomic E-state index is 11.3. The third-order valence-corrected chi connectivity index (χ3v) is 3.04. The fraction of sp³-hybridized carbons (Fsp3) is 0.833. The van der Waals surface area contributed by atoms with Crippen LogP contribution in [0.25, 0.3) is 0 Å². The zero-order chi connectivity index (χ0) is 12.9. The van der Waals surface area contributed by atoms with Crippen molar-refractivity contribution in [2.24, 2.45) is 0 Å². The van der Waals surface area contributed by atoms with Crippen molar-refractivity contribution in [3.8, 4) is 0 Å². The number of carbonyl (C=O) groups excluding carboxylic acids is 2. The van der Waals surface area contributed by atoms with Gasteiger partial charge in [-0.2, -0.15) is 25.3 Å². The lowest BCUT2D eigenvalue weighted by atomic mass is 10.2. The first kappa shape index (κ1) is 16.8. The van der Waals surface area contributed by atoms with Crippen LogP contribution in [-0.2, 0) is 9.59 Å². The molecule has 0 bridgehead atoms. The molecular weight excluding hydrogens is 254 g/mol. The summed E-state index contributed by atoms with van der Waals surface area (Å²) >= 11 is 8.19. The van der Waals surface area contributed by atoms with Crippen LogP contribution >= 0.6 is 25.3 Å². The molecule has 0 heterocycles. The third kappa shape index (κ3) is 12.1. The Labute approximate surface area is 115 Å². The molecule has 17 heavy (non-hydrogen) atoms. The number of amides is 2. The van der Waals surface area contributed by atoms with E-state index in [0.29, 0.717) is 12.8 Å². The molecule has 0 aliphatic rings. The van der Waals surface area contributed by atoms with Gasteiger partial charge < -0.3 is 0 Å². The van der Waals surface area contributed by atoms with Gasteiger partial charge in [0.15, 0.2) is 0 Å². The molecule has 5 heteroatoms. The van der Waals surface area contributed by atoms with Gasteiger partial charge in [0.05, 0.1) is 0 Å². The van der Waals surface area contributed by atoms with E-state index in [2.05, 4.69) is 30.6 Å². The van der Waals surface area contributed by atoms with Crippen molar-refractivity contribution < 1.29 is 9.59 Å². The molecule has 0 aromatic carbocycles. The summed E-state index contributed by atoms with van der Waals surface area (Å²) in [5.74, 6) is 1.41. The molecular formula is C12H23NO2S2. The van der Waals surface area contributed by atoms with Gasteiger partial charge >= 0.3 is 0 Å². The van der Waals surface area contributed by atoms with E-state index in [1.807, 2.05) is 0 Å². The van der Waals surface area contributed by atoms with Gasteiger partial charge in [-0.1, -0.05) is 12.8 Å². The molecule has 0 unspecified atom stereocenters. The Morgan fingerprint density at radius 2 is 1.12 bits per heavy atom. The van der Waals surface area contributed by atoms with Crippen molar-refractivity contribution in [1.29, 1.82) is 0 Å². The SMILES string of the molecule is O=C(CCCCCS)NC(=O)CCCCCS. The maximum absolute atomic E-state index is 11.3. The quantitative estimate of drug-likeness (QED) is 0.424. The van der Waals surface area contributed by atoms with Crippen LogP contribution < -0.4 is 5.32 Å². The number of carbonyl (C=O) groups is 2. The van der Waals surface area contributed by atoms with Crippen LogP contribution in [0.3, 0.4) is 0 Å². The highest BCUT2D eigenvalue weighted by molar-refractivity contribution is 7.80. The summed E-state index contributed by atoms with van der Waals surface area (Å²) < 4.78 is 0. The lowest BCUT2D eigenvalue weighted by Gasteiger charge is -2.03. The molecule has 0 radical (unpaired) electrons. The van der Waals surface area contributed by atoms with Gasteiger partial charge in [-0.15, -0.1) is 0 Å². The molecule has 0 aromatic heterocycles. The van der Waals surface area contributed by atoms with Crippen LogP contribution in [0.5, 0.6) is 0 Å². The number of imide groups is 1. The molecule has 0 fully saturated rings. The first-order valence-electron chi connectivity index (χ1n) is 6.25. The summed E-state index contributed by atoms with van der Waals surface area (Å²) in [6, 6.07) is 0. The lowest BCUT2D eigenvalue weighted by Crippen LogP contribution is -2.29.